The number of hydrogen-bond donors (Lipinski definition) is 1. The molecule has 5 nitrogen and oxygen atoms in total. The van der Waals surface area contributed by atoms with Crippen molar-refractivity contribution < 1.29 is 4.79 Å². The summed E-state index contributed by atoms with van der Waals surface area (Å²) in [5, 5.41) is 0. The fourth-order valence-corrected chi connectivity index (χ4v) is 4.07. The molecule has 2 N–H and O–H groups in total. The number of aromatic nitrogens is 1. The number of rotatable bonds is 5. The molecule has 0 saturated carbocycles. The minimum absolute atomic E-state index is 0.152. The zero-order valence-corrected chi connectivity index (χ0v) is 16.8. The van der Waals surface area contributed by atoms with Crippen LogP contribution in [0.4, 0.5) is 5.69 Å². The molecule has 27 heavy (non-hydrogen) atoms. The van der Waals surface area contributed by atoms with Gasteiger partial charge in [-0.15, -0.1) is 0 Å². The number of nitrogens with zero attached hydrogens (tertiary/aromatic N) is 3. The molecule has 2 heterocycles. The monoisotopic (exact) mass is 366 g/mol. The normalized spacial score (nSPS) is 17.9. The quantitative estimate of drug-likeness (QED) is 0.883. The van der Waals surface area contributed by atoms with Crippen molar-refractivity contribution in [3.8, 4) is 0 Å². The Morgan fingerprint density at radius 2 is 1.85 bits per heavy atom. The highest BCUT2D eigenvalue weighted by atomic mass is 16.1. The predicted molar refractivity (Wildman–Crippen MR) is 110 cm³/mol. The van der Waals surface area contributed by atoms with Gasteiger partial charge >= 0.3 is 0 Å². The molecule has 5 heteroatoms. The number of pyridine rings is 1. The molecule has 1 atom stereocenters. The van der Waals surface area contributed by atoms with E-state index in [1.165, 1.54) is 27.9 Å². The molecule has 1 aliphatic heterocycles. The standard InChI is InChI=1S/C22H30N4O/c1-15-13-16(2)18(4)22(17(15)3)26-12-11-25(10-8-21(23)27)20(14-26)19-7-5-6-9-24-19/h5-7,9,13,20H,8,10-12,14H2,1-4H3,(H2,23,27). The first kappa shape index (κ1) is 19.4. The number of amides is 1. The summed E-state index contributed by atoms with van der Waals surface area (Å²) in [4.78, 5) is 20.7. The van der Waals surface area contributed by atoms with Gasteiger partial charge in [0.15, 0.2) is 0 Å². The number of anilines is 1. The second-order valence-electron chi connectivity index (χ2n) is 7.58. The Morgan fingerprint density at radius 1 is 1.15 bits per heavy atom. The molecule has 144 valence electrons. The molecule has 1 saturated heterocycles. The Hall–Kier alpha value is -2.40. The summed E-state index contributed by atoms with van der Waals surface area (Å²) >= 11 is 0. The Bertz CT molecular complexity index is 793. The number of benzene rings is 1. The average molecular weight is 367 g/mol. The van der Waals surface area contributed by atoms with Crippen LogP contribution in [0.2, 0.25) is 0 Å². The fraction of sp³-hybridized carbons (Fsp3) is 0.455. The molecule has 1 fully saturated rings. The Labute approximate surface area is 162 Å². The van der Waals surface area contributed by atoms with E-state index in [0.29, 0.717) is 13.0 Å². The van der Waals surface area contributed by atoms with Crippen molar-refractivity contribution in [1.29, 1.82) is 0 Å². The van der Waals surface area contributed by atoms with Crippen LogP contribution in [0.5, 0.6) is 0 Å². The minimum atomic E-state index is -0.252. The first-order chi connectivity index (χ1) is 12.9. The van der Waals surface area contributed by atoms with Crippen LogP contribution in [0.15, 0.2) is 30.5 Å². The van der Waals surface area contributed by atoms with Gasteiger partial charge in [0.1, 0.15) is 0 Å². The highest BCUT2D eigenvalue weighted by molar-refractivity contribution is 5.73. The number of hydrogen-bond acceptors (Lipinski definition) is 4. The Balaban J connectivity index is 1.93. The topological polar surface area (TPSA) is 62.5 Å². The van der Waals surface area contributed by atoms with Gasteiger partial charge in [0.2, 0.25) is 5.91 Å². The largest absolute Gasteiger partial charge is 0.370 e. The third kappa shape index (κ3) is 4.14. The molecule has 1 unspecified atom stereocenters. The summed E-state index contributed by atoms with van der Waals surface area (Å²) in [5.74, 6) is -0.252. The highest BCUT2D eigenvalue weighted by Gasteiger charge is 2.30. The SMILES string of the molecule is Cc1cc(C)c(C)c(N2CCN(CCC(N)=O)C(c3ccccn3)C2)c1C. The van der Waals surface area contributed by atoms with E-state index in [0.717, 1.165) is 25.3 Å². The number of carbonyl (C=O) groups excluding carboxylic acids is 1. The summed E-state index contributed by atoms with van der Waals surface area (Å²) in [7, 11) is 0. The molecule has 3 rings (SSSR count). The van der Waals surface area contributed by atoms with Crippen molar-refractivity contribution in [3.63, 3.8) is 0 Å². The van der Waals surface area contributed by atoms with Gasteiger partial charge in [0.25, 0.3) is 0 Å². The molecule has 1 aromatic heterocycles. The van der Waals surface area contributed by atoms with Gasteiger partial charge in [-0.3, -0.25) is 14.7 Å². The predicted octanol–water partition coefficient (Wildman–Crippen LogP) is 3.05. The molecular weight excluding hydrogens is 336 g/mol. The second-order valence-corrected chi connectivity index (χ2v) is 7.58. The van der Waals surface area contributed by atoms with Crippen molar-refractivity contribution in [1.82, 2.24) is 9.88 Å². The van der Waals surface area contributed by atoms with Gasteiger partial charge in [-0.05, 0) is 62.1 Å². The first-order valence-corrected chi connectivity index (χ1v) is 9.64. The van der Waals surface area contributed by atoms with E-state index in [4.69, 9.17) is 5.73 Å². The van der Waals surface area contributed by atoms with Gasteiger partial charge in [0, 0.05) is 44.5 Å². The van der Waals surface area contributed by atoms with Crippen LogP contribution in [0.1, 0.15) is 40.4 Å². The van der Waals surface area contributed by atoms with E-state index < -0.39 is 0 Å². The van der Waals surface area contributed by atoms with E-state index in [1.54, 1.807) is 0 Å². The van der Waals surface area contributed by atoms with E-state index in [-0.39, 0.29) is 11.9 Å². The molecule has 0 spiro atoms. The van der Waals surface area contributed by atoms with E-state index in [1.807, 2.05) is 18.3 Å². The summed E-state index contributed by atoms with van der Waals surface area (Å²) in [6.45, 7) is 12.2. The summed E-state index contributed by atoms with van der Waals surface area (Å²) in [6.07, 6.45) is 2.22. The van der Waals surface area contributed by atoms with Crippen LogP contribution in [0, 0.1) is 27.7 Å². The molecule has 1 aliphatic rings. The van der Waals surface area contributed by atoms with Gasteiger partial charge in [-0.1, -0.05) is 12.1 Å². The minimum Gasteiger partial charge on any atom is -0.370 e. The van der Waals surface area contributed by atoms with Crippen molar-refractivity contribution >= 4 is 11.6 Å². The number of piperazine rings is 1. The lowest BCUT2D eigenvalue weighted by Crippen LogP contribution is -2.49. The Kier molecular flexibility index (Phi) is 5.80. The third-order valence-corrected chi connectivity index (χ3v) is 5.81. The van der Waals surface area contributed by atoms with E-state index in [2.05, 4.69) is 54.6 Å². The molecule has 0 radical (unpaired) electrons. The molecule has 0 aliphatic carbocycles. The maximum absolute atomic E-state index is 11.3. The van der Waals surface area contributed by atoms with Crippen LogP contribution >= 0.6 is 0 Å². The zero-order valence-electron chi connectivity index (χ0n) is 16.8. The van der Waals surface area contributed by atoms with E-state index >= 15 is 0 Å². The maximum atomic E-state index is 11.3. The maximum Gasteiger partial charge on any atom is 0.218 e. The van der Waals surface area contributed by atoms with Crippen LogP contribution < -0.4 is 10.6 Å². The average Bonchev–Trinajstić information content (AvgIpc) is 2.66. The molecular formula is C22H30N4O. The summed E-state index contributed by atoms with van der Waals surface area (Å²) in [5.41, 5.74) is 13.2. The zero-order chi connectivity index (χ0) is 19.6. The molecule has 1 aromatic carbocycles. The smallest absolute Gasteiger partial charge is 0.218 e. The van der Waals surface area contributed by atoms with Crippen molar-refractivity contribution in [2.24, 2.45) is 5.73 Å². The summed E-state index contributed by atoms with van der Waals surface area (Å²) < 4.78 is 0. The number of aryl methyl sites for hydroxylation is 2. The fourth-order valence-electron chi connectivity index (χ4n) is 4.07. The second kappa shape index (κ2) is 8.09. The first-order valence-electron chi connectivity index (χ1n) is 9.64. The van der Waals surface area contributed by atoms with Gasteiger partial charge < -0.3 is 10.6 Å². The number of primary amides is 1. The van der Waals surface area contributed by atoms with Gasteiger partial charge in [0.05, 0.1) is 11.7 Å². The van der Waals surface area contributed by atoms with Gasteiger partial charge in [-0.25, -0.2) is 0 Å². The van der Waals surface area contributed by atoms with Crippen LogP contribution in [0.25, 0.3) is 0 Å². The molecule has 1 amide bonds. The van der Waals surface area contributed by atoms with Crippen LogP contribution in [-0.2, 0) is 4.79 Å². The van der Waals surface area contributed by atoms with Crippen molar-refractivity contribution in [3.05, 3.63) is 58.4 Å². The van der Waals surface area contributed by atoms with Crippen molar-refractivity contribution in [2.45, 2.75) is 40.2 Å². The number of carbonyl (C=O) groups is 1. The van der Waals surface area contributed by atoms with E-state index in [9.17, 15) is 4.79 Å². The molecule has 0 bridgehead atoms. The third-order valence-electron chi connectivity index (χ3n) is 5.81. The lowest BCUT2D eigenvalue weighted by molar-refractivity contribution is -0.118. The lowest BCUT2D eigenvalue weighted by atomic mass is 9.96. The van der Waals surface area contributed by atoms with Gasteiger partial charge in [-0.2, -0.15) is 0 Å². The summed E-state index contributed by atoms with van der Waals surface area (Å²) in [6, 6.07) is 8.47. The number of nitrogens with two attached hydrogens (primary N) is 1. The molecule has 2 aromatic rings. The highest BCUT2D eigenvalue weighted by Crippen LogP contribution is 2.34. The van der Waals surface area contributed by atoms with Crippen LogP contribution in [-0.4, -0.2) is 42.0 Å². The Morgan fingerprint density at radius 3 is 2.44 bits per heavy atom. The lowest BCUT2D eigenvalue weighted by Gasteiger charge is -2.43. The van der Waals surface area contributed by atoms with Crippen LogP contribution in [0.3, 0.4) is 0 Å². The van der Waals surface area contributed by atoms with Crippen molar-refractivity contribution in [2.75, 3.05) is 31.1 Å².